The lowest BCUT2D eigenvalue weighted by Gasteiger charge is -2.23. The number of rotatable bonds is 8. The smallest absolute Gasteiger partial charge is 0.407 e. The van der Waals surface area contributed by atoms with Crippen molar-refractivity contribution in [3.05, 3.63) is 59.7 Å². The third-order valence-electron chi connectivity index (χ3n) is 5.72. The Hall–Kier alpha value is -2.65. The number of alkyl carbamates (subject to hydrolysis) is 1. The van der Waals surface area contributed by atoms with E-state index in [9.17, 15) is 19.5 Å². The van der Waals surface area contributed by atoms with Crippen LogP contribution in [-0.4, -0.2) is 64.8 Å². The number of ether oxygens (including phenoxy) is 1. The predicted molar refractivity (Wildman–Crippen MR) is 131 cm³/mol. The van der Waals surface area contributed by atoms with Gasteiger partial charge in [-0.25, -0.2) is 4.79 Å². The maximum absolute atomic E-state index is 12.6. The molecule has 33 heavy (non-hydrogen) atoms. The monoisotopic (exact) mass is 486 g/mol. The summed E-state index contributed by atoms with van der Waals surface area (Å²) in [5.41, 5.74) is 4.39. The summed E-state index contributed by atoms with van der Waals surface area (Å²) in [5.74, 6) is 1.27. The van der Waals surface area contributed by atoms with Crippen LogP contribution in [0.15, 0.2) is 48.5 Å². The van der Waals surface area contributed by atoms with Gasteiger partial charge in [-0.1, -0.05) is 48.5 Å². The van der Waals surface area contributed by atoms with Gasteiger partial charge in [0, 0.05) is 35.0 Å². The van der Waals surface area contributed by atoms with Crippen molar-refractivity contribution < 1.29 is 24.2 Å². The molecule has 4 rings (SSSR count). The molecule has 0 aromatic heterocycles. The number of carbonyl (C=O) groups excluding carboxylic acids is 2. The van der Waals surface area contributed by atoms with Crippen molar-refractivity contribution in [3.8, 4) is 11.1 Å². The molecule has 2 atom stereocenters. The Morgan fingerprint density at radius 2 is 1.70 bits per heavy atom. The maximum Gasteiger partial charge on any atom is 0.407 e. The molecule has 2 unspecified atom stereocenters. The van der Waals surface area contributed by atoms with Crippen molar-refractivity contribution in [2.45, 2.75) is 23.6 Å². The molecular formula is C24H26N2O5S2. The third kappa shape index (κ3) is 5.83. The second-order valence-electron chi connectivity index (χ2n) is 7.93. The summed E-state index contributed by atoms with van der Waals surface area (Å²) in [6.07, 6.45) is -1.32. The summed E-state index contributed by atoms with van der Waals surface area (Å²) in [7, 11) is 0. The highest BCUT2D eigenvalue weighted by Crippen LogP contribution is 2.44. The maximum atomic E-state index is 12.6. The predicted octanol–water partition coefficient (Wildman–Crippen LogP) is 3.33. The molecule has 2 amide bonds. The summed E-state index contributed by atoms with van der Waals surface area (Å²) in [6, 6.07) is 14.8. The minimum Gasteiger partial charge on any atom is -0.481 e. The van der Waals surface area contributed by atoms with Crippen LogP contribution in [0.3, 0.4) is 0 Å². The summed E-state index contributed by atoms with van der Waals surface area (Å²) in [4.78, 5) is 36.4. The van der Waals surface area contributed by atoms with Crippen LogP contribution in [-0.2, 0) is 14.3 Å². The van der Waals surface area contributed by atoms with E-state index in [4.69, 9.17) is 4.74 Å². The van der Waals surface area contributed by atoms with Crippen molar-refractivity contribution in [1.82, 2.24) is 10.6 Å². The Morgan fingerprint density at radius 1 is 1.03 bits per heavy atom. The Bertz CT molecular complexity index is 980. The Balaban J connectivity index is 1.35. The normalized spacial score (nSPS) is 18.0. The van der Waals surface area contributed by atoms with Crippen LogP contribution in [0, 0.1) is 0 Å². The molecule has 9 heteroatoms. The van der Waals surface area contributed by atoms with Gasteiger partial charge in [-0.05, 0) is 22.3 Å². The number of carboxylic acids is 1. The number of aliphatic carboxylic acids is 1. The third-order valence-corrected chi connectivity index (χ3v) is 8.56. The van der Waals surface area contributed by atoms with E-state index < -0.39 is 30.4 Å². The van der Waals surface area contributed by atoms with E-state index in [-0.39, 0.29) is 17.8 Å². The first-order chi connectivity index (χ1) is 16.0. The molecule has 7 nitrogen and oxygen atoms in total. The largest absolute Gasteiger partial charge is 0.481 e. The number of nitrogens with one attached hydrogen (secondary N) is 2. The summed E-state index contributed by atoms with van der Waals surface area (Å²) >= 11 is 3.63. The average molecular weight is 487 g/mol. The molecule has 2 aromatic carbocycles. The lowest BCUT2D eigenvalue weighted by molar-refractivity contribution is -0.139. The van der Waals surface area contributed by atoms with E-state index in [1.54, 1.807) is 11.8 Å². The van der Waals surface area contributed by atoms with Crippen molar-refractivity contribution in [2.75, 3.05) is 30.4 Å². The number of fused-ring (bicyclic) bond motifs is 3. The summed E-state index contributed by atoms with van der Waals surface area (Å²) < 4.78 is 5.47. The standard InChI is InChI=1S/C24H26N2O5S2/c27-22(28)11-21(23(29)25-12-15-14-32-9-10-33-15)26-24(30)31-13-20-18-7-3-1-5-16(18)17-6-2-4-8-19(17)20/h1-8,15,20-21H,9-14H2,(H,25,29)(H,26,30)(H,27,28). The van der Waals surface area contributed by atoms with Gasteiger partial charge in [0.1, 0.15) is 12.6 Å². The van der Waals surface area contributed by atoms with Crippen LogP contribution in [0.2, 0.25) is 0 Å². The number of benzene rings is 2. The fraction of sp³-hybridized carbons (Fsp3) is 0.375. The van der Waals surface area contributed by atoms with Crippen LogP contribution in [0.1, 0.15) is 23.5 Å². The lowest BCUT2D eigenvalue weighted by Crippen LogP contribution is -2.49. The Kier molecular flexibility index (Phi) is 7.82. The van der Waals surface area contributed by atoms with Crippen LogP contribution in [0.25, 0.3) is 11.1 Å². The second kappa shape index (κ2) is 11.0. The molecule has 1 saturated heterocycles. The molecule has 1 fully saturated rings. The number of carbonyl (C=O) groups is 3. The zero-order valence-corrected chi connectivity index (χ0v) is 19.6. The highest BCUT2D eigenvalue weighted by Gasteiger charge is 2.30. The fourth-order valence-electron chi connectivity index (χ4n) is 4.16. The zero-order chi connectivity index (χ0) is 23.2. The first-order valence-electron chi connectivity index (χ1n) is 10.8. The highest BCUT2D eigenvalue weighted by atomic mass is 32.2. The molecule has 1 heterocycles. The topological polar surface area (TPSA) is 105 Å². The van der Waals surface area contributed by atoms with Crippen LogP contribution >= 0.6 is 23.5 Å². The number of hydrogen-bond donors (Lipinski definition) is 3. The average Bonchev–Trinajstić information content (AvgIpc) is 3.15. The van der Waals surface area contributed by atoms with Crippen LogP contribution < -0.4 is 10.6 Å². The molecule has 1 aliphatic carbocycles. The van der Waals surface area contributed by atoms with Gasteiger partial charge in [0.2, 0.25) is 5.91 Å². The van der Waals surface area contributed by atoms with Crippen molar-refractivity contribution in [2.24, 2.45) is 0 Å². The number of carboxylic acid groups (broad SMARTS) is 1. The molecule has 3 N–H and O–H groups in total. The Morgan fingerprint density at radius 3 is 2.30 bits per heavy atom. The number of hydrogen-bond acceptors (Lipinski definition) is 6. The van der Waals surface area contributed by atoms with Gasteiger partial charge in [0.15, 0.2) is 0 Å². The molecule has 0 spiro atoms. The van der Waals surface area contributed by atoms with Crippen molar-refractivity contribution in [3.63, 3.8) is 0 Å². The van der Waals surface area contributed by atoms with E-state index in [0.717, 1.165) is 39.5 Å². The van der Waals surface area contributed by atoms with E-state index >= 15 is 0 Å². The van der Waals surface area contributed by atoms with Crippen molar-refractivity contribution >= 4 is 41.5 Å². The molecular weight excluding hydrogens is 460 g/mol. The summed E-state index contributed by atoms with van der Waals surface area (Å²) in [6.45, 7) is 0.538. The van der Waals surface area contributed by atoms with Crippen LogP contribution in [0.4, 0.5) is 4.79 Å². The van der Waals surface area contributed by atoms with Gasteiger partial charge >= 0.3 is 12.1 Å². The Labute approximate surface area is 201 Å². The molecule has 2 aliphatic rings. The quantitative estimate of drug-likeness (QED) is 0.526. The van der Waals surface area contributed by atoms with Gasteiger partial charge in [-0.15, -0.1) is 0 Å². The van der Waals surface area contributed by atoms with Crippen molar-refractivity contribution in [1.29, 1.82) is 0 Å². The zero-order valence-electron chi connectivity index (χ0n) is 18.0. The second-order valence-corrected chi connectivity index (χ2v) is 10.5. The van der Waals surface area contributed by atoms with Gasteiger partial charge in [-0.2, -0.15) is 23.5 Å². The summed E-state index contributed by atoms with van der Waals surface area (Å²) in [5, 5.41) is 14.7. The minimum absolute atomic E-state index is 0.0945. The lowest BCUT2D eigenvalue weighted by atomic mass is 9.98. The molecule has 1 aliphatic heterocycles. The number of thioether (sulfide) groups is 2. The molecule has 2 aromatic rings. The van der Waals surface area contributed by atoms with Crippen LogP contribution in [0.5, 0.6) is 0 Å². The molecule has 0 radical (unpaired) electrons. The molecule has 0 saturated carbocycles. The first kappa shape index (κ1) is 23.5. The number of amides is 2. The minimum atomic E-state index is -1.20. The highest BCUT2D eigenvalue weighted by molar-refractivity contribution is 8.06. The van der Waals surface area contributed by atoms with Gasteiger partial charge in [-0.3, -0.25) is 9.59 Å². The van der Waals surface area contributed by atoms with Gasteiger partial charge in [0.05, 0.1) is 6.42 Å². The van der Waals surface area contributed by atoms with E-state index in [0.29, 0.717) is 6.54 Å². The SMILES string of the molecule is O=C(O)CC(NC(=O)OCC1c2ccccc2-c2ccccc21)C(=O)NCC1CSCCS1. The molecule has 174 valence electrons. The van der Waals surface area contributed by atoms with Gasteiger partial charge in [0.25, 0.3) is 0 Å². The van der Waals surface area contributed by atoms with E-state index in [1.807, 2.05) is 60.3 Å². The fourth-order valence-corrected chi connectivity index (χ4v) is 6.77. The first-order valence-corrected chi connectivity index (χ1v) is 13.0. The van der Waals surface area contributed by atoms with E-state index in [2.05, 4.69) is 10.6 Å². The van der Waals surface area contributed by atoms with Gasteiger partial charge < -0.3 is 20.5 Å². The van der Waals surface area contributed by atoms with E-state index in [1.165, 1.54) is 0 Å². The molecule has 0 bridgehead atoms.